The molecule has 2 atom stereocenters. The number of carbonyl (C=O) groups excluding carboxylic acids is 1. The predicted octanol–water partition coefficient (Wildman–Crippen LogP) is 2.37. The van der Waals surface area contributed by atoms with Crippen molar-refractivity contribution >= 4 is 23.2 Å². The quantitative estimate of drug-likeness (QED) is 0.711. The third-order valence-electron chi connectivity index (χ3n) is 5.21. The Morgan fingerprint density at radius 1 is 1.24 bits per heavy atom. The first kappa shape index (κ1) is 20.1. The van der Waals surface area contributed by atoms with Crippen LogP contribution in [-0.4, -0.2) is 30.0 Å². The van der Waals surface area contributed by atoms with Gasteiger partial charge in [0.05, 0.1) is 22.8 Å². The summed E-state index contributed by atoms with van der Waals surface area (Å²) in [5.41, 5.74) is 13.3. The summed E-state index contributed by atoms with van der Waals surface area (Å²) in [5, 5.41) is 22.0. The Morgan fingerprint density at radius 3 is 2.66 bits per heavy atom. The van der Waals surface area contributed by atoms with E-state index in [-0.39, 0.29) is 23.2 Å². The zero-order valence-electron chi connectivity index (χ0n) is 16.2. The van der Waals surface area contributed by atoms with Crippen molar-refractivity contribution < 1.29 is 4.79 Å². The Morgan fingerprint density at radius 2 is 2.00 bits per heavy atom. The lowest BCUT2D eigenvalue weighted by Crippen LogP contribution is -2.43. The van der Waals surface area contributed by atoms with Gasteiger partial charge >= 0.3 is 0 Å². The number of hydrogen-bond donors (Lipinski definition) is 3. The fourth-order valence-corrected chi connectivity index (χ4v) is 3.56. The molecule has 1 aliphatic rings. The molecule has 148 valence electrons. The standard InChI is InChI=1S/C21H23N7O/c1-28(15-6-4-5-13(9-15)11-22)21-16(19(25)29)10-14(12-23)20(27-21)26-18-8-3-2-7-17(18)24/h4-6,9-10,17-18H,2-3,7-8,24H2,1H3,(H2,25,29)(H,26,27)/t17-,18+/m0/s1. The summed E-state index contributed by atoms with van der Waals surface area (Å²) >= 11 is 0. The number of nitriles is 2. The monoisotopic (exact) mass is 389 g/mol. The summed E-state index contributed by atoms with van der Waals surface area (Å²) in [4.78, 5) is 18.3. The highest BCUT2D eigenvalue weighted by atomic mass is 16.1. The van der Waals surface area contributed by atoms with Crippen LogP contribution in [-0.2, 0) is 0 Å². The van der Waals surface area contributed by atoms with Crippen LogP contribution in [0.1, 0.15) is 47.2 Å². The van der Waals surface area contributed by atoms with Gasteiger partial charge in [0.1, 0.15) is 17.7 Å². The maximum atomic E-state index is 12.1. The van der Waals surface area contributed by atoms with Crippen molar-refractivity contribution in [2.75, 3.05) is 17.3 Å². The third-order valence-corrected chi connectivity index (χ3v) is 5.21. The zero-order chi connectivity index (χ0) is 21.0. The predicted molar refractivity (Wildman–Crippen MR) is 111 cm³/mol. The van der Waals surface area contributed by atoms with Crippen molar-refractivity contribution in [1.29, 1.82) is 10.5 Å². The second-order valence-electron chi connectivity index (χ2n) is 7.15. The molecule has 1 heterocycles. The van der Waals surface area contributed by atoms with Crippen molar-refractivity contribution in [2.24, 2.45) is 11.5 Å². The number of pyridine rings is 1. The molecule has 1 aromatic carbocycles. The topological polar surface area (TPSA) is 145 Å². The third kappa shape index (κ3) is 4.29. The average Bonchev–Trinajstić information content (AvgIpc) is 2.74. The first-order valence-corrected chi connectivity index (χ1v) is 9.45. The normalized spacial score (nSPS) is 18.3. The molecule has 1 amide bonds. The van der Waals surface area contributed by atoms with Crippen LogP contribution in [0.5, 0.6) is 0 Å². The van der Waals surface area contributed by atoms with Gasteiger partial charge in [0.2, 0.25) is 0 Å². The van der Waals surface area contributed by atoms with E-state index >= 15 is 0 Å². The Hall–Kier alpha value is -3.62. The molecular formula is C21H23N7O. The van der Waals surface area contributed by atoms with Crippen LogP contribution in [0.2, 0.25) is 0 Å². The van der Waals surface area contributed by atoms with E-state index in [1.807, 2.05) is 0 Å². The minimum absolute atomic E-state index is 0.00264. The van der Waals surface area contributed by atoms with Crippen molar-refractivity contribution in [2.45, 2.75) is 37.8 Å². The number of nitrogens with two attached hydrogens (primary N) is 2. The molecular weight excluding hydrogens is 366 g/mol. The van der Waals surface area contributed by atoms with E-state index in [1.165, 1.54) is 6.07 Å². The Balaban J connectivity index is 2.05. The molecule has 1 aromatic heterocycles. The van der Waals surface area contributed by atoms with Gasteiger partial charge in [-0.25, -0.2) is 4.98 Å². The summed E-state index contributed by atoms with van der Waals surface area (Å²) in [7, 11) is 1.73. The van der Waals surface area contributed by atoms with Crippen LogP contribution in [0, 0.1) is 22.7 Å². The molecule has 5 N–H and O–H groups in total. The van der Waals surface area contributed by atoms with Gasteiger partial charge in [0.25, 0.3) is 5.91 Å². The summed E-state index contributed by atoms with van der Waals surface area (Å²) in [6, 6.07) is 12.5. The van der Waals surface area contributed by atoms with E-state index in [0.29, 0.717) is 22.9 Å². The molecule has 1 aliphatic carbocycles. The molecule has 0 spiro atoms. The van der Waals surface area contributed by atoms with Crippen LogP contribution < -0.4 is 21.7 Å². The van der Waals surface area contributed by atoms with Crippen molar-refractivity contribution in [1.82, 2.24) is 4.98 Å². The second kappa shape index (κ2) is 8.59. The molecule has 8 heteroatoms. The van der Waals surface area contributed by atoms with Gasteiger partial charge in [0.15, 0.2) is 0 Å². The maximum Gasteiger partial charge on any atom is 0.252 e. The van der Waals surface area contributed by atoms with Crippen LogP contribution in [0.15, 0.2) is 30.3 Å². The summed E-state index contributed by atoms with van der Waals surface area (Å²) in [6.45, 7) is 0. The van der Waals surface area contributed by atoms with Gasteiger partial charge in [-0.3, -0.25) is 4.79 Å². The number of rotatable bonds is 5. The van der Waals surface area contributed by atoms with Gasteiger partial charge in [0, 0.05) is 24.8 Å². The van der Waals surface area contributed by atoms with Gasteiger partial charge in [-0.15, -0.1) is 0 Å². The first-order valence-electron chi connectivity index (χ1n) is 9.45. The fraction of sp³-hybridized carbons (Fsp3) is 0.333. The van der Waals surface area contributed by atoms with Crippen molar-refractivity contribution in [3.63, 3.8) is 0 Å². The summed E-state index contributed by atoms with van der Waals surface area (Å²) < 4.78 is 0. The average molecular weight is 389 g/mol. The molecule has 0 radical (unpaired) electrons. The van der Waals surface area contributed by atoms with Gasteiger partial charge in [-0.2, -0.15) is 10.5 Å². The fourth-order valence-electron chi connectivity index (χ4n) is 3.56. The smallest absolute Gasteiger partial charge is 0.252 e. The lowest BCUT2D eigenvalue weighted by molar-refractivity contribution is 0.100. The molecule has 2 aromatic rings. The minimum atomic E-state index is -0.687. The van der Waals surface area contributed by atoms with Crippen LogP contribution in [0.25, 0.3) is 0 Å². The lowest BCUT2D eigenvalue weighted by Gasteiger charge is -2.30. The first-order chi connectivity index (χ1) is 13.9. The Bertz CT molecular complexity index is 1010. The van der Waals surface area contributed by atoms with E-state index < -0.39 is 5.91 Å². The molecule has 0 aliphatic heterocycles. The van der Waals surface area contributed by atoms with Gasteiger partial charge in [-0.1, -0.05) is 18.9 Å². The van der Waals surface area contributed by atoms with Crippen LogP contribution >= 0.6 is 0 Å². The number of nitrogens with one attached hydrogen (secondary N) is 1. The van der Waals surface area contributed by atoms with Crippen LogP contribution in [0.4, 0.5) is 17.3 Å². The largest absolute Gasteiger partial charge is 0.365 e. The van der Waals surface area contributed by atoms with E-state index in [0.717, 1.165) is 25.7 Å². The highest BCUT2D eigenvalue weighted by molar-refractivity contribution is 5.99. The highest BCUT2D eigenvalue weighted by Crippen LogP contribution is 2.30. The van der Waals surface area contributed by atoms with E-state index in [4.69, 9.17) is 16.7 Å². The number of anilines is 3. The number of benzene rings is 1. The number of amides is 1. The molecule has 0 unspecified atom stereocenters. The second-order valence-corrected chi connectivity index (χ2v) is 7.15. The highest BCUT2D eigenvalue weighted by Gasteiger charge is 2.25. The number of hydrogen-bond acceptors (Lipinski definition) is 7. The van der Waals surface area contributed by atoms with E-state index in [1.54, 1.807) is 36.2 Å². The van der Waals surface area contributed by atoms with E-state index in [2.05, 4.69) is 22.4 Å². The van der Waals surface area contributed by atoms with Gasteiger partial charge in [-0.05, 0) is 37.1 Å². The molecule has 8 nitrogen and oxygen atoms in total. The maximum absolute atomic E-state index is 12.1. The Labute approximate surface area is 169 Å². The molecule has 1 saturated carbocycles. The Kier molecular flexibility index (Phi) is 5.96. The lowest BCUT2D eigenvalue weighted by atomic mass is 9.91. The zero-order valence-corrected chi connectivity index (χ0v) is 16.2. The van der Waals surface area contributed by atoms with Gasteiger partial charge < -0.3 is 21.7 Å². The number of primary amides is 1. The molecule has 3 rings (SSSR count). The number of carbonyl (C=O) groups is 1. The number of nitrogens with zero attached hydrogens (tertiary/aromatic N) is 4. The SMILES string of the molecule is CN(c1cccc(C#N)c1)c1nc(N[C@@H]2CCCC[C@@H]2N)c(C#N)cc1C(N)=O. The summed E-state index contributed by atoms with van der Waals surface area (Å²) in [6.07, 6.45) is 3.94. The minimum Gasteiger partial charge on any atom is -0.365 e. The molecule has 1 fully saturated rings. The van der Waals surface area contributed by atoms with E-state index in [9.17, 15) is 10.1 Å². The molecule has 0 saturated heterocycles. The summed E-state index contributed by atoms with van der Waals surface area (Å²) in [5.74, 6) is -0.00943. The molecule has 0 bridgehead atoms. The number of aromatic nitrogens is 1. The van der Waals surface area contributed by atoms with Crippen LogP contribution in [0.3, 0.4) is 0 Å². The van der Waals surface area contributed by atoms with Crippen molar-refractivity contribution in [3.05, 3.63) is 47.0 Å². The van der Waals surface area contributed by atoms with Crippen molar-refractivity contribution in [3.8, 4) is 12.1 Å². The molecule has 29 heavy (non-hydrogen) atoms.